The first-order valence-electron chi connectivity index (χ1n) is 9.09. The van der Waals surface area contributed by atoms with Crippen LogP contribution in [0.3, 0.4) is 0 Å². The molecule has 4 nitrogen and oxygen atoms in total. The van der Waals surface area contributed by atoms with Gasteiger partial charge >= 0.3 is 17.8 Å². The molecule has 0 aromatic rings. The Hall–Kier alpha value is -0.860. The minimum absolute atomic E-state index is 0.111. The van der Waals surface area contributed by atoms with Gasteiger partial charge in [0.1, 0.15) is 9.84 Å². The first-order chi connectivity index (χ1) is 11.9. The molecule has 1 aliphatic carbocycles. The number of hydrogen-bond donors (Lipinski definition) is 0. The fourth-order valence-electron chi connectivity index (χ4n) is 3.60. The van der Waals surface area contributed by atoms with Crippen LogP contribution >= 0.6 is 0 Å². The van der Waals surface area contributed by atoms with E-state index < -0.39 is 52.0 Å². The van der Waals surface area contributed by atoms with Crippen LogP contribution in [-0.2, 0) is 19.4 Å². The highest BCUT2D eigenvalue weighted by Crippen LogP contribution is 2.42. The van der Waals surface area contributed by atoms with Crippen LogP contribution in [0, 0.1) is 11.8 Å². The van der Waals surface area contributed by atoms with Crippen LogP contribution in [-0.4, -0.2) is 43.8 Å². The summed E-state index contributed by atoms with van der Waals surface area (Å²) >= 11 is 0. The minimum atomic E-state index is -4.51. The lowest BCUT2D eigenvalue weighted by Crippen LogP contribution is -2.51. The summed E-state index contributed by atoms with van der Waals surface area (Å²) < 4.78 is 83.4. The molecule has 9 heteroatoms. The predicted octanol–water partition coefficient (Wildman–Crippen LogP) is 3.98. The van der Waals surface area contributed by atoms with Crippen molar-refractivity contribution in [1.29, 1.82) is 0 Å². The summed E-state index contributed by atoms with van der Waals surface area (Å²) in [6.07, 6.45) is 1.08. The molecule has 1 unspecified atom stereocenters. The van der Waals surface area contributed by atoms with E-state index >= 15 is 0 Å². The molecule has 2 aliphatic rings. The fraction of sp³-hybridized carbons (Fsp3) is 0.941. The lowest BCUT2D eigenvalue weighted by molar-refractivity contribution is -0.255. The Morgan fingerprint density at radius 1 is 1.04 bits per heavy atom. The standard InChI is InChI=1S/C17H26F4O4S/c1-16(18,19)17(20,21)14(11-12-7-9-26(23,24)10-8-12)25-15(22)13-5-3-2-4-6-13/h12-14H,2-11H2,1H3. The molecule has 26 heavy (non-hydrogen) atoms. The molecule has 0 radical (unpaired) electrons. The van der Waals surface area contributed by atoms with Gasteiger partial charge in [-0.2, -0.15) is 8.78 Å². The SMILES string of the molecule is CC(F)(F)C(F)(F)C(CC1CCS(=O)(=O)CC1)OC(=O)C1CCCCC1. The molecule has 0 amide bonds. The van der Waals surface area contributed by atoms with Gasteiger partial charge < -0.3 is 4.74 Å². The van der Waals surface area contributed by atoms with E-state index in [0.717, 1.165) is 19.3 Å². The smallest absolute Gasteiger partial charge is 0.345 e. The van der Waals surface area contributed by atoms with Gasteiger partial charge in [-0.25, -0.2) is 17.2 Å². The maximum Gasteiger partial charge on any atom is 0.345 e. The molecule has 0 bridgehead atoms. The summed E-state index contributed by atoms with van der Waals surface area (Å²) in [7, 11) is -3.20. The third kappa shape index (κ3) is 5.33. The summed E-state index contributed by atoms with van der Waals surface area (Å²) in [5.74, 6) is -11.0. The van der Waals surface area contributed by atoms with Gasteiger partial charge in [-0.05, 0) is 38.0 Å². The normalized spacial score (nSPS) is 24.2. The zero-order valence-electron chi connectivity index (χ0n) is 14.9. The van der Waals surface area contributed by atoms with Crippen LogP contribution in [0.25, 0.3) is 0 Å². The van der Waals surface area contributed by atoms with E-state index in [1.54, 1.807) is 0 Å². The van der Waals surface area contributed by atoms with Crippen molar-refractivity contribution >= 4 is 15.8 Å². The van der Waals surface area contributed by atoms with Crippen LogP contribution in [0.5, 0.6) is 0 Å². The average molecular weight is 402 g/mol. The third-order valence-electron chi connectivity index (χ3n) is 5.41. The average Bonchev–Trinajstić information content (AvgIpc) is 2.55. The number of alkyl halides is 4. The van der Waals surface area contributed by atoms with E-state index in [1.807, 2.05) is 0 Å². The minimum Gasteiger partial charge on any atom is -0.455 e. The Morgan fingerprint density at radius 2 is 1.58 bits per heavy atom. The van der Waals surface area contributed by atoms with Crippen molar-refractivity contribution in [3.05, 3.63) is 0 Å². The Kier molecular flexibility index (Phi) is 6.62. The lowest BCUT2D eigenvalue weighted by Gasteiger charge is -2.35. The number of rotatable bonds is 6. The monoisotopic (exact) mass is 402 g/mol. The van der Waals surface area contributed by atoms with E-state index in [9.17, 15) is 30.8 Å². The number of halogens is 4. The lowest BCUT2D eigenvalue weighted by atomic mass is 9.88. The van der Waals surface area contributed by atoms with Gasteiger partial charge in [0.15, 0.2) is 6.10 Å². The van der Waals surface area contributed by atoms with Crippen LogP contribution in [0.4, 0.5) is 17.6 Å². The highest BCUT2D eigenvalue weighted by Gasteiger charge is 2.60. The van der Waals surface area contributed by atoms with Crippen LogP contribution in [0.1, 0.15) is 58.3 Å². The van der Waals surface area contributed by atoms with Crippen LogP contribution < -0.4 is 0 Å². The molecule has 152 valence electrons. The molecular formula is C17H26F4O4S. The number of hydrogen-bond acceptors (Lipinski definition) is 4. The highest BCUT2D eigenvalue weighted by atomic mass is 32.2. The molecule has 1 aliphatic heterocycles. The first kappa shape index (κ1) is 21.4. The number of sulfone groups is 1. The predicted molar refractivity (Wildman–Crippen MR) is 88.0 cm³/mol. The van der Waals surface area contributed by atoms with E-state index in [1.165, 1.54) is 0 Å². The van der Waals surface area contributed by atoms with Gasteiger partial charge in [-0.3, -0.25) is 4.79 Å². The number of esters is 1. The first-order valence-corrected chi connectivity index (χ1v) is 10.9. The summed E-state index contributed by atoms with van der Waals surface area (Å²) in [5.41, 5.74) is 0. The molecule has 0 N–H and O–H groups in total. The maximum absolute atomic E-state index is 14.3. The molecule has 1 saturated carbocycles. The van der Waals surface area contributed by atoms with Gasteiger partial charge in [0.2, 0.25) is 0 Å². The molecule has 0 aromatic carbocycles. The molecule has 2 fully saturated rings. The van der Waals surface area contributed by atoms with Crippen molar-refractivity contribution in [2.45, 2.75) is 76.2 Å². The van der Waals surface area contributed by atoms with Crippen molar-refractivity contribution in [3.8, 4) is 0 Å². The van der Waals surface area contributed by atoms with Crippen molar-refractivity contribution in [2.24, 2.45) is 11.8 Å². The summed E-state index contributed by atoms with van der Waals surface area (Å²) in [4.78, 5) is 12.2. The molecule has 0 aromatic heterocycles. The Bertz CT molecular complexity index is 580. The molecule has 1 atom stereocenters. The van der Waals surface area contributed by atoms with Crippen molar-refractivity contribution in [3.63, 3.8) is 0 Å². The second-order valence-electron chi connectivity index (χ2n) is 7.60. The maximum atomic E-state index is 14.3. The number of carbonyl (C=O) groups is 1. The fourth-order valence-corrected chi connectivity index (χ4v) is 5.19. The van der Waals surface area contributed by atoms with E-state index in [0.29, 0.717) is 12.8 Å². The molecular weight excluding hydrogens is 376 g/mol. The van der Waals surface area contributed by atoms with Gasteiger partial charge in [0.25, 0.3) is 0 Å². The molecule has 1 heterocycles. The van der Waals surface area contributed by atoms with Crippen molar-refractivity contribution in [2.75, 3.05) is 11.5 Å². The Balaban J connectivity index is 2.10. The van der Waals surface area contributed by atoms with Crippen molar-refractivity contribution in [1.82, 2.24) is 0 Å². The largest absolute Gasteiger partial charge is 0.455 e. The summed E-state index contributed by atoms with van der Waals surface area (Å²) in [6.45, 7) is 0.111. The van der Waals surface area contributed by atoms with Crippen LogP contribution in [0.2, 0.25) is 0 Å². The molecule has 2 rings (SSSR count). The third-order valence-corrected chi connectivity index (χ3v) is 7.12. The van der Waals surface area contributed by atoms with Crippen LogP contribution in [0.15, 0.2) is 0 Å². The number of ether oxygens (including phenoxy) is 1. The molecule has 1 saturated heterocycles. The Labute approximate surface area is 151 Å². The topological polar surface area (TPSA) is 60.4 Å². The van der Waals surface area contributed by atoms with Crippen molar-refractivity contribution < 1.29 is 35.5 Å². The zero-order valence-corrected chi connectivity index (χ0v) is 15.7. The van der Waals surface area contributed by atoms with Gasteiger partial charge in [-0.1, -0.05) is 19.3 Å². The second kappa shape index (κ2) is 8.02. The highest BCUT2D eigenvalue weighted by molar-refractivity contribution is 7.91. The van der Waals surface area contributed by atoms with Gasteiger partial charge in [-0.15, -0.1) is 0 Å². The summed E-state index contributed by atoms with van der Waals surface area (Å²) in [6, 6.07) is 0. The van der Waals surface area contributed by atoms with E-state index in [-0.39, 0.29) is 31.3 Å². The second-order valence-corrected chi connectivity index (χ2v) is 9.91. The zero-order chi connectivity index (χ0) is 19.6. The van der Waals surface area contributed by atoms with Gasteiger partial charge in [0, 0.05) is 6.92 Å². The number of carbonyl (C=O) groups excluding carboxylic acids is 1. The van der Waals surface area contributed by atoms with E-state index in [2.05, 4.69) is 0 Å². The van der Waals surface area contributed by atoms with E-state index in [4.69, 9.17) is 4.74 Å². The molecule has 0 spiro atoms. The Morgan fingerprint density at radius 3 is 2.08 bits per heavy atom. The summed E-state index contributed by atoms with van der Waals surface area (Å²) in [5, 5.41) is 0. The quantitative estimate of drug-likeness (QED) is 0.498. The van der Waals surface area contributed by atoms with Gasteiger partial charge in [0.05, 0.1) is 17.4 Å².